The smallest absolute Gasteiger partial charge is 0.471 e. The summed E-state index contributed by atoms with van der Waals surface area (Å²) in [6.45, 7) is 11.0. The maximum atomic E-state index is 12.8. The van der Waals surface area contributed by atoms with Crippen LogP contribution in [0.4, 0.5) is 32.2 Å². The lowest BCUT2D eigenvalue weighted by Gasteiger charge is -2.45. The van der Waals surface area contributed by atoms with Crippen LogP contribution in [0.5, 0.6) is 11.5 Å². The molecule has 2 spiro atoms. The van der Waals surface area contributed by atoms with Gasteiger partial charge in [0.25, 0.3) is 0 Å². The first-order chi connectivity index (χ1) is 25.5. The topological polar surface area (TPSA) is 90.4 Å². The van der Waals surface area contributed by atoms with Gasteiger partial charge in [0.15, 0.2) is 28.9 Å². The highest BCUT2D eigenvalue weighted by Crippen LogP contribution is 2.50. The number of aromatic nitrogens is 2. The van der Waals surface area contributed by atoms with E-state index in [0.29, 0.717) is 23.0 Å². The Morgan fingerprint density at radius 3 is 1.54 bits per heavy atom. The van der Waals surface area contributed by atoms with Crippen molar-refractivity contribution in [1.29, 1.82) is 0 Å². The van der Waals surface area contributed by atoms with Crippen molar-refractivity contribution in [2.45, 2.75) is 63.1 Å². The summed E-state index contributed by atoms with van der Waals surface area (Å²) >= 11 is 0. The molecule has 54 heavy (non-hydrogen) atoms. The first-order valence-corrected chi connectivity index (χ1v) is 17.1. The summed E-state index contributed by atoms with van der Waals surface area (Å²) in [5.74, 6) is -2.05. The molecular weight excluding hydrogens is 720 g/mol. The van der Waals surface area contributed by atoms with Crippen LogP contribution >= 0.6 is 0 Å². The maximum Gasteiger partial charge on any atom is 0.471 e. The number of piperidine rings is 2. The molecule has 2 aromatic carbocycles. The minimum absolute atomic E-state index is 0.0571. The zero-order chi connectivity index (χ0) is 38.8. The lowest BCUT2D eigenvalue weighted by Crippen LogP contribution is -2.52. The molecule has 0 radical (unpaired) electrons. The maximum absolute atomic E-state index is 12.8. The van der Waals surface area contributed by atoms with E-state index >= 15 is 0 Å². The average molecular weight is 754 g/mol. The van der Waals surface area contributed by atoms with Crippen LogP contribution in [0.1, 0.15) is 58.7 Å². The fourth-order valence-corrected chi connectivity index (χ4v) is 8.23. The van der Waals surface area contributed by atoms with Gasteiger partial charge in [0.05, 0.1) is 17.1 Å². The average Bonchev–Trinajstić information content (AvgIpc) is 3.69. The first-order valence-electron chi connectivity index (χ1n) is 17.1. The van der Waals surface area contributed by atoms with Crippen molar-refractivity contribution in [2.24, 2.45) is 0 Å². The van der Waals surface area contributed by atoms with Crippen molar-refractivity contribution < 1.29 is 50.2 Å². The van der Waals surface area contributed by atoms with Gasteiger partial charge in [-0.3, -0.25) is 19.0 Å². The van der Waals surface area contributed by atoms with Crippen LogP contribution in [0.2, 0.25) is 0 Å². The number of likely N-dealkylation sites (tertiary alicyclic amines) is 2. The summed E-state index contributed by atoms with van der Waals surface area (Å²) in [7, 11) is 0. The van der Waals surface area contributed by atoms with Gasteiger partial charge in [-0.05, 0) is 61.4 Å². The second-order valence-corrected chi connectivity index (χ2v) is 13.7. The fourth-order valence-electron chi connectivity index (χ4n) is 8.23. The van der Waals surface area contributed by atoms with Crippen LogP contribution < -0.4 is 9.47 Å². The number of carbonyl (C=O) groups is 3. The number of hydrogen-bond donors (Lipinski definition) is 0. The van der Waals surface area contributed by atoms with Gasteiger partial charge in [0, 0.05) is 51.9 Å². The van der Waals surface area contributed by atoms with E-state index in [0.717, 1.165) is 50.0 Å². The molecule has 4 aromatic rings. The number of ether oxygens (including phenoxy) is 2. The number of hydrogen-bond acceptors (Lipinski definition) is 5. The van der Waals surface area contributed by atoms with Gasteiger partial charge in [0.2, 0.25) is 5.82 Å². The molecule has 0 saturated carbocycles. The van der Waals surface area contributed by atoms with E-state index in [9.17, 15) is 40.7 Å². The summed E-state index contributed by atoms with van der Waals surface area (Å²) in [5.41, 5.74) is 3.44. The quantitative estimate of drug-likeness (QED) is 0.114. The van der Waals surface area contributed by atoms with Gasteiger partial charge in [-0.25, -0.2) is 0 Å². The van der Waals surface area contributed by atoms with Crippen LogP contribution in [-0.4, -0.2) is 75.6 Å². The van der Waals surface area contributed by atoms with E-state index in [2.05, 4.69) is 4.85 Å². The molecule has 2 amide bonds. The Hall–Kier alpha value is -5.72. The minimum Gasteiger partial charge on any atom is -0.479 e. The standard InChI is InChI=1S/C19H16F3N3O2.C19H17F3N2O3/c1-12-11-15(23-2)25-13-5-3-4-6-14(13)27-18(16(12)25)7-9-24(10-8-18)17(26)19(20,21)22;1-12-10-13(11-25)24-14-4-2-3-5-15(14)27-18(16(12)24)6-8-23(9-7-18)17(26)19(20,21)22/h3-6,11H,7-10H2,1H3;2-5,10-11H,6-9H2,1H3. The second kappa shape index (κ2) is 13.0. The molecule has 8 rings (SSSR count). The van der Waals surface area contributed by atoms with Gasteiger partial charge in [-0.15, -0.1) is 0 Å². The number of amides is 2. The number of aldehydes is 1. The molecule has 0 unspecified atom stereocenters. The third-order valence-corrected chi connectivity index (χ3v) is 10.5. The van der Waals surface area contributed by atoms with Crippen molar-refractivity contribution >= 4 is 23.9 Å². The molecule has 282 valence electrons. The first kappa shape index (κ1) is 36.6. The Balaban J connectivity index is 0.000000167. The van der Waals surface area contributed by atoms with Gasteiger partial charge in [-0.2, -0.15) is 26.3 Å². The summed E-state index contributed by atoms with van der Waals surface area (Å²) in [4.78, 5) is 40.0. The summed E-state index contributed by atoms with van der Waals surface area (Å²) in [6, 6.07) is 18.1. The minimum atomic E-state index is -4.88. The highest BCUT2D eigenvalue weighted by atomic mass is 19.4. The third kappa shape index (κ3) is 5.95. The molecule has 4 aliphatic rings. The third-order valence-electron chi connectivity index (χ3n) is 10.5. The van der Waals surface area contributed by atoms with E-state index in [1.54, 1.807) is 30.3 Å². The highest BCUT2D eigenvalue weighted by molar-refractivity contribution is 5.82. The Bertz CT molecular complexity index is 2200. The van der Waals surface area contributed by atoms with Crippen molar-refractivity contribution in [3.63, 3.8) is 0 Å². The Morgan fingerprint density at radius 1 is 0.704 bits per heavy atom. The van der Waals surface area contributed by atoms with Crippen molar-refractivity contribution in [3.05, 3.63) is 100 Å². The van der Waals surface area contributed by atoms with E-state index in [1.165, 1.54) is 0 Å². The summed E-state index contributed by atoms with van der Waals surface area (Å²) in [6.07, 6.45) is -8.12. The zero-order valence-corrected chi connectivity index (χ0v) is 29.1. The number of para-hydroxylation sites is 4. The Morgan fingerprint density at radius 2 is 1.11 bits per heavy atom. The van der Waals surface area contributed by atoms with E-state index in [-0.39, 0.29) is 51.9 Å². The predicted molar refractivity (Wildman–Crippen MR) is 181 cm³/mol. The molecule has 0 N–H and O–H groups in total. The summed E-state index contributed by atoms with van der Waals surface area (Å²) < 4.78 is 92.8. The lowest BCUT2D eigenvalue weighted by atomic mass is 9.84. The lowest BCUT2D eigenvalue weighted by molar-refractivity contribution is -0.188. The van der Waals surface area contributed by atoms with Gasteiger partial charge >= 0.3 is 24.2 Å². The van der Waals surface area contributed by atoms with Crippen LogP contribution in [-0.2, 0) is 20.8 Å². The molecular formula is C38H33F6N5O5. The fraction of sp³-hybridized carbons (Fsp3) is 0.368. The number of alkyl halides is 6. The van der Waals surface area contributed by atoms with Crippen LogP contribution in [0.3, 0.4) is 0 Å². The number of rotatable bonds is 1. The Labute approximate surface area is 305 Å². The van der Waals surface area contributed by atoms with Crippen molar-refractivity contribution in [2.75, 3.05) is 26.2 Å². The molecule has 4 aliphatic heterocycles. The number of fused-ring (bicyclic) bond motifs is 8. The van der Waals surface area contributed by atoms with E-state index < -0.39 is 35.4 Å². The predicted octanol–water partition coefficient (Wildman–Crippen LogP) is 7.48. The van der Waals surface area contributed by atoms with Crippen LogP contribution in [0.15, 0.2) is 60.7 Å². The molecule has 2 saturated heterocycles. The zero-order valence-electron chi connectivity index (χ0n) is 29.1. The number of halogens is 6. The van der Waals surface area contributed by atoms with E-state index in [1.807, 2.05) is 53.3 Å². The second-order valence-electron chi connectivity index (χ2n) is 13.7. The molecule has 2 aromatic heterocycles. The SMILES string of the molecule is Cc1cc(C=O)n2c1C1(CCN(C(=O)C(F)(F)F)CC1)Oc1ccccc1-2.[C-]#[N+]c1cc(C)c2n1-c1ccccc1OC21CCN(C(=O)C(F)(F)F)CC1. The van der Waals surface area contributed by atoms with Gasteiger partial charge < -0.3 is 28.7 Å². The summed E-state index contributed by atoms with van der Waals surface area (Å²) in [5, 5.41) is 0. The molecule has 0 aliphatic carbocycles. The van der Waals surface area contributed by atoms with Gasteiger partial charge in [-0.1, -0.05) is 30.8 Å². The van der Waals surface area contributed by atoms with E-state index in [4.69, 9.17) is 16.0 Å². The number of carbonyl (C=O) groups excluding carboxylic acids is 3. The highest BCUT2D eigenvalue weighted by Gasteiger charge is 2.52. The molecule has 10 nitrogen and oxygen atoms in total. The number of aryl methyl sites for hydroxylation is 2. The molecule has 2 fully saturated rings. The normalized spacial score (nSPS) is 17.8. The van der Waals surface area contributed by atoms with Gasteiger partial charge in [0.1, 0.15) is 11.4 Å². The van der Waals surface area contributed by atoms with Crippen LogP contribution in [0, 0.1) is 20.4 Å². The van der Waals surface area contributed by atoms with Crippen LogP contribution in [0.25, 0.3) is 16.2 Å². The molecule has 0 bridgehead atoms. The van der Waals surface area contributed by atoms with Crippen molar-refractivity contribution in [1.82, 2.24) is 18.9 Å². The monoisotopic (exact) mass is 753 g/mol. The molecule has 6 heterocycles. The number of nitrogens with zero attached hydrogens (tertiary/aromatic N) is 5. The largest absolute Gasteiger partial charge is 0.479 e. The molecule has 0 atom stereocenters. The van der Waals surface area contributed by atoms with Crippen molar-refractivity contribution in [3.8, 4) is 22.9 Å². The molecule has 16 heteroatoms. The number of benzene rings is 2. The Kier molecular flexibility index (Phi) is 8.81.